The molecule has 0 aliphatic rings. The number of aliphatic hydroxyl groups excluding tert-OH is 1. The highest BCUT2D eigenvalue weighted by atomic mass is 79.9. The first-order valence-electron chi connectivity index (χ1n) is 7.07. The summed E-state index contributed by atoms with van der Waals surface area (Å²) in [7, 11) is 3.11. The lowest BCUT2D eigenvalue weighted by Gasteiger charge is -2.28. The third-order valence-corrected chi connectivity index (χ3v) is 4.09. The fraction of sp³-hybridized carbons (Fsp3) is 0.467. The van der Waals surface area contributed by atoms with Gasteiger partial charge in [-0.3, -0.25) is 4.79 Å². The largest absolute Gasteiger partial charge is 0.497 e. The maximum atomic E-state index is 12.1. The van der Waals surface area contributed by atoms with Crippen molar-refractivity contribution in [2.45, 2.75) is 18.9 Å². The van der Waals surface area contributed by atoms with Gasteiger partial charge in [-0.2, -0.15) is 0 Å². The Morgan fingerprint density at radius 3 is 2.70 bits per heavy atom. The summed E-state index contributed by atoms with van der Waals surface area (Å²) in [6, 6.07) is 4.37. The van der Waals surface area contributed by atoms with Crippen molar-refractivity contribution in [1.29, 1.82) is 0 Å². The third-order valence-electron chi connectivity index (χ3n) is 3.37. The van der Waals surface area contributed by atoms with Crippen molar-refractivity contribution in [3.63, 3.8) is 0 Å². The van der Waals surface area contributed by atoms with Crippen molar-refractivity contribution in [2.24, 2.45) is 0 Å². The molecule has 0 aliphatic heterocycles. The second kappa shape index (κ2) is 9.36. The van der Waals surface area contributed by atoms with Crippen LogP contribution in [0.3, 0.4) is 0 Å². The molecule has 2 amide bonds. The van der Waals surface area contributed by atoms with Gasteiger partial charge in [0.05, 0.1) is 19.8 Å². The molecule has 0 bridgehead atoms. The number of carboxylic acid groups (broad SMARTS) is 1. The summed E-state index contributed by atoms with van der Waals surface area (Å²) >= 11 is 3.41. The molecule has 1 aromatic carbocycles. The first-order valence-corrected chi connectivity index (χ1v) is 7.86. The molecule has 0 radical (unpaired) electrons. The summed E-state index contributed by atoms with van der Waals surface area (Å²) in [6.45, 7) is -0.00227. The molecule has 1 unspecified atom stereocenters. The van der Waals surface area contributed by atoms with Crippen molar-refractivity contribution < 1.29 is 24.5 Å². The lowest BCUT2D eigenvalue weighted by Crippen LogP contribution is -2.41. The highest BCUT2D eigenvalue weighted by Crippen LogP contribution is 2.30. The van der Waals surface area contributed by atoms with Crippen molar-refractivity contribution >= 4 is 27.9 Å². The topological polar surface area (TPSA) is 99.1 Å². The molecule has 1 aromatic rings. The van der Waals surface area contributed by atoms with Gasteiger partial charge in [0.1, 0.15) is 5.75 Å². The minimum absolute atomic E-state index is 0.00510. The Morgan fingerprint density at radius 2 is 2.13 bits per heavy atom. The molecule has 0 heterocycles. The highest BCUT2D eigenvalue weighted by molar-refractivity contribution is 9.10. The van der Waals surface area contributed by atoms with Crippen LogP contribution in [0, 0.1) is 0 Å². The number of rotatable bonds is 8. The summed E-state index contributed by atoms with van der Waals surface area (Å²) in [5.41, 5.74) is 0.718. The van der Waals surface area contributed by atoms with Crippen molar-refractivity contribution in [3.05, 3.63) is 28.2 Å². The standard InChI is InChI=1S/C15H21BrN2O5/c1-18(15(22)17-7-3-4-14(20)21)13(9-19)11-8-10(23-2)5-6-12(11)16/h5-6,8,13,19H,3-4,7,9H2,1-2H3,(H,17,22)(H,20,21). The molecular formula is C15H21BrN2O5. The number of urea groups is 1. The molecule has 128 valence electrons. The SMILES string of the molecule is COc1ccc(Br)c(C(CO)N(C)C(=O)NCCCC(=O)O)c1. The number of nitrogens with zero attached hydrogens (tertiary/aromatic N) is 1. The monoisotopic (exact) mass is 388 g/mol. The molecule has 1 rings (SSSR count). The van der Waals surface area contributed by atoms with Gasteiger partial charge in [0.25, 0.3) is 0 Å². The van der Waals surface area contributed by atoms with Crippen LogP contribution in [0.15, 0.2) is 22.7 Å². The van der Waals surface area contributed by atoms with E-state index in [1.165, 1.54) is 4.90 Å². The predicted octanol–water partition coefficient (Wildman–Crippen LogP) is 2.00. The van der Waals surface area contributed by atoms with E-state index in [2.05, 4.69) is 21.2 Å². The van der Waals surface area contributed by atoms with E-state index in [-0.39, 0.29) is 25.6 Å². The van der Waals surface area contributed by atoms with Crippen LogP contribution in [-0.4, -0.2) is 54.4 Å². The van der Waals surface area contributed by atoms with E-state index in [4.69, 9.17) is 9.84 Å². The predicted molar refractivity (Wildman–Crippen MR) is 88.6 cm³/mol. The first-order chi connectivity index (χ1) is 10.9. The maximum Gasteiger partial charge on any atom is 0.317 e. The molecule has 3 N–H and O–H groups in total. The summed E-state index contributed by atoms with van der Waals surface area (Å²) in [4.78, 5) is 24.0. The van der Waals surface area contributed by atoms with Crippen LogP contribution in [-0.2, 0) is 4.79 Å². The van der Waals surface area contributed by atoms with Crippen molar-refractivity contribution in [2.75, 3.05) is 27.3 Å². The van der Waals surface area contributed by atoms with Crippen LogP contribution in [0.5, 0.6) is 5.75 Å². The molecule has 0 saturated heterocycles. The van der Waals surface area contributed by atoms with Crippen molar-refractivity contribution in [1.82, 2.24) is 10.2 Å². The number of hydrogen-bond acceptors (Lipinski definition) is 4. The Labute approximate surface area is 143 Å². The molecule has 23 heavy (non-hydrogen) atoms. The van der Waals surface area contributed by atoms with Crippen LogP contribution in [0.2, 0.25) is 0 Å². The van der Waals surface area contributed by atoms with Gasteiger partial charge in [-0.25, -0.2) is 4.79 Å². The number of carbonyl (C=O) groups excluding carboxylic acids is 1. The average molecular weight is 389 g/mol. The number of aliphatic carboxylic acids is 1. The summed E-state index contributed by atoms with van der Waals surface area (Å²) in [6.07, 6.45) is 0.344. The van der Waals surface area contributed by atoms with Crippen molar-refractivity contribution in [3.8, 4) is 5.75 Å². The number of halogens is 1. The summed E-state index contributed by atoms with van der Waals surface area (Å²) in [5, 5.41) is 20.9. The van der Waals surface area contributed by atoms with Gasteiger partial charge in [0, 0.05) is 24.5 Å². The zero-order valence-corrected chi connectivity index (χ0v) is 14.7. The van der Waals surface area contributed by atoms with E-state index in [9.17, 15) is 14.7 Å². The van der Waals surface area contributed by atoms with Crippen LogP contribution in [0.1, 0.15) is 24.4 Å². The zero-order chi connectivity index (χ0) is 17.4. The summed E-state index contributed by atoms with van der Waals surface area (Å²) in [5.74, 6) is -0.280. The molecule has 0 spiro atoms. The fourth-order valence-corrected chi connectivity index (χ4v) is 2.55. The van der Waals surface area contributed by atoms with Gasteiger partial charge in [-0.1, -0.05) is 15.9 Å². The molecule has 8 heteroatoms. The van der Waals surface area contributed by atoms with Gasteiger partial charge < -0.3 is 25.2 Å². The van der Waals surface area contributed by atoms with Gasteiger partial charge >= 0.3 is 12.0 Å². The first kappa shape index (κ1) is 19.2. The Kier molecular flexibility index (Phi) is 7.84. The van der Waals surface area contributed by atoms with E-state index in [0.29, 0.717) is 12.2 Å². The molecular weight excluding hydrogens is 368 g/mol. The number of amides is 2. The quantitative estimate of drug-likeness (QED) is 0.591. The van der Waals surface area contributed by atoms with Gasteiger partial charge in [-0.15, -0.1) is 0 Å². The van der Waals surface area contributed by atoms with E-state index < -0.39 is 12.0 Å². The minimum Gasteiger partial charge on any atom is -0.497 e. The lowest BCUT2D eigenvalue weighted by molar-refractivity contribution is -0.137. The molecule has 0 saturated carbocycles. The number of aliphatic hydroxyl groups is 1. The number of likely N-dealkylation sites (N-methyl/N-ethyl adjacent to an activating group) is 1. The van der Waals surface area contributed by atoms with Gasteiger partial charge in [-0.05, 0) is 30.2 Å². The Balaban J connectivity index is 2.76. The molecule has 0 aromatic heterocycles. The van der Waals surface area contributed by atoms with Crippen LogP contribution < -0.4 is 10.1 Å². The normalized spacial score (nSPS) is 11.7. The number of methoxy groups -OCH3 is 1. The van der Waals surface area contributed by atoms with Gasteiger partial charge in [0.15, 0.2) is 0 Å². The number of nitrogens with one attached hydrogen (secondary N) is 1. The number of hydrogen-bond donors (Lipinski definition) is 3. The maximum absolute atomic E-state index is 12.1. The minimum atomic E-state index is -0.902. The zero-order valence-electron chi connectivity index (χ0n) is 13.1. The summed E-state index contributed by atoms with van der Waals surface area (Å²) < 4.78 is 5.92. The smallest absolute Gasteiger partial charge is 0.317 e. The van der Waals surface area contributed by atoms with Gasteiger partial charge in [0.2, 0.25) is 0 Å². The lowest BCUT2D eigenvalue weighted by atomic mass is 10.1. The van der Waals surface area contributed by atoms with E-state index in [0.717, 1.165) is 10.0 Å². The van der Waals surface area contributed by atoms with E-state index in [1.807, 2.05) is 0 Å². The number of carboxylic acids is 1. The molecule has 0 aliphatic carbocycles. The third kappa shape index (κ3) is 5.72. The highest BCUT2D eigenvalue weighted by Gasteiger charge is 2.23. The number of ether oxygens (including phenoxy) is 1. The van der Waals surface area contributed by atoms with E-state index >= 15 is 0 Å². The number of benzene rings is 1. The average Bonchev–Trinajstić information content (AvgIpc) is 2.53. The molecule has 0 fully saturated rings. The molecule has 1 atom stereocenters. The van der Waals surface area contributed by atoms with Crippen LogP contribution in [0.25, 0.3) is 0 Å². The van der Waals surface area contributed by atoms with Crippen LogP contribution in [0.4, 0.5) is 4.79 Å². The fourth-order valence-electron chi connectivity index (χ4n) is 2.03. The Morgan fingerprint density at radius 1 is 1.43 bits per heavy atom. The molecule has 7 nitrogen and oxygen atoms in total. The Hall–Kier alpha value is -1.80. The second-order valence-corrected chi connectivity index (χ2v) is 5.78. The van der Waals surface area contributed by atoms with E-state index in [1.54, 1.807) is 32.4 Å². The Bertz CT molecular complexity index is 553. The second-order valence-electron chi connectivity index (χ2n) is 4.93. The van der Waals surface area contributed by atoms with Crippen LogP contribution >= 0.6 is 15.9 Å². The number of carbonyl (C=O) groups is 2.